The summed E-state index contributed by atoms with van der Waals surface area (Å²) in [5.74, 6) is -1.91. The van der Waals surface area contributed by atoms with E-state index in [1.165, 1.54) is 18.2 Å². The van der Waals surface area contributed by atoms with Gasteiger partial charge in [-0.25, -0.2) is 4.39 Å². The lowest BCUT2D eigenvalue weighted by molar-refractivity contribution is -0.123. The number of amides is 2. The lowest BCUT2D eigenvalue weighted by Gasteiger charge is -2.25. The Hall–Kier alpha value is -2.11. The molecular weight excluding hydrogens is 342 g/mol. The van der Waals surface area contributed by atoms with Gasteiger partial charge in [-0.3, -0.25) is 9.59 Å². The van der Waals surface area contributed by atoms with Crippen LogP contribution in [0.3, 0.4) is 0 Å². The molecule has 0 bridgehead atoms. The lowest BCUT2D eigenvalue weighted by Crippen LogP contribution is -2.30. The summed E-state index contributed by atoms with van der Waals surface area (Å²) in [4.78, 5) is 24.3. The molecule has 1 aliphatic rings. The molecular formula is C16H11Cl2FN2O2. The normalized spacial score (nSPS) is 16.5. The van der Waals surface area contributed by atoms with Crippen molar-refractivity contribution < 1.29 is 14.0 Å². The molecule has 7 heteroatoms. The zero-order valence-electron chi connectivity index (χ0n) is 11.7. The van der Waals surface area contributed by atoms with Crippen LogP contribution in [0.5, 0.6) is 0 Å². The van der Waals surface area contributed by atoms with E-state index in [4.69, 9.17) is 23.2 Å². The first-order valence-corrected chi connectivity index (χ1v) is 7.54. The minimum Gasteiger partial charge on any atom is -0.326 e. The van der Waals surface area contributed by atoms with Gasteiger partial charge in [-0.05, 0) is 35.9 Å². The van der Waals surface area contributed by atoms with Gasteiger partial charge in [-0.2, -0.15) is 0 Å². The van der Waals surface area contributed by atoms with Crippen molar-refractivity contribution in [3.8, 4) is 0 Å². The third kappa shape index (κ3) is 3.46. The maximum atomic E-state index is 13.3. The molecule has 3 rings (SSSR count). The standard InChI is InChI=1S/C16H11Cl2FN2O2/c17-8-3-9(18)5-11(4-8)20-16(23)13-7-15(22)21-14-6-10(19)1-2-12(13)14/h1-6,13H,7H2,(H,20,23)(H,21,22)/t13-/m1/s1. The highest BCUT2D eigenvalue weighted by Crippen LogP contribution is 2.34. The van der Waals surface area contributed by atoms with E-state index in [1.807, 2.05) is 0 Å². The molecule has 0 spiro atoms. The first kappa shape index (κ1) is 15.8. The van der Waals surface area contributed by atoms with Gasteiger partial charge in [0.05, 0.1) is 5.92 Å². The summed E-state index contributed by atoms with van der Waals surface area (Å²) in [5, 5.41) is 6.03. The Balaban J connectivity index is 1.89. The van der Waals surface area contributed by atoms with E-state index < -0.39 is 11.7 Å². The Morgan fingerprint density at radius 1 is 1.17 bits per heavy atom. The predicted octanol–water partition coefficient (Wildman–Crippen LogP) is 4.20. The number of hydrogen-bond donors (Lipinski definition) is 2. The van der Waals surface area contributed by atoms with Crippen LogP contribution < -0.4 is 10.6 Å². The van der Waals surface area contributed by atoms with Crippen molar-refractivity contribution in [2.45, 2.75) is 12.3 Å². The van der Waals surface area contributed by atoms with E-state index in [0.29, 0.717) is 27.0 Å². The molecule has 0 aromatic heterocycles. The van der Waals surface area contributed by atoms with Gasteiger partial charge in [-0.15, -0.1) is 0 Å². The summed E-state index contributed by atoms with van der Waals surface area (Å²) < 4.78 is 13.3. The van der Waals surface area contributed by atoms with Crippen LogP contribution in [0.4, 0.5) is 15.8 Å². The van der Waals surface area contributed by atoms with Crippen molar-refractivity contribution in [2.24, 2.45) is 0 Å². The topological polar surface area (TPSA) is 58.2 Å². The second kappa shape index (κ2) is 6.18. The van der Waals surface area contributed by atoms with Crippen LogP contribution in [0.2, 0.25) is 10.0 Å². The highest BCUT2D eigenvalue weighted by atomic mass is 35.5. The number of nitrogens with one attached hydrogen (secondary N) is 2. The molecule has 0 fully saturated rings. The molecule has 0 saturated carbocycles. The van der Waals surface area contributed by atoms with Crippen LogP contribution >= 0.6 is 23.2 Å². The van der Waals surface area contributed by atoms with Crippen molar-refractivity contribution in [3.63, 3.8) is 0 Å². The second-order valence-corrected chi connectivity index (χ2v) is 6.06. The van der Waals surface area contributed by atoms with Crippen LogP contribution in [0.1, 0.15) is 17.9 Å². The summed E-state index contributed by atoms with van der Waals surface area (Å²) in [7, 11) is 0. The minimum absolute atomic E-state index is 0.0151. The zero-order valence-corrected chi connectivity index (χ0v) is 13.2. The van der Waals surface area contributed by atoms with Gasteiger partial charge in [0.1, 0.15) is 5.82 Å². The number of hydrogen-bond acceptors (Lipinski definition) is 2. The van der Waals surface area contributed by atoms with Crippen LogP contribution in [-0.4, -0.2) is 11.8 Å². The number of benzene rings is 2. The van der Waals surface area contributed by atoms with Crippen molar-refractivity contribution in [1.29, 1.82) is 0 Å². The van der Waals surface area contributed by atoms with Gasteiger partial charge in [-0.1, -0.05) is 29.3 Å². The summed E-state index contributed by atoms with van der Waals surface area (Å²) in [6, 6.07) is 8.61. The largest absolute Gasteiger partial charge is 0.326 e. The van der Waals surface area contributed by atoms with Crippen LogP contribution in [0, 0.1) is 5.82 Å². The third-order valence-corrected chi connectivity index (χ3v) is 3.94. The lowest BCUT2D eigenvalue weighted by atomic mass is 9.89. The van der Waals surface area contributed by atoms with E-state index in [1.54, 1.807) is 18.2 Å². The quantitative estimate of drug-likeness (QED) is 0.850. The molecule has 1 aliphatic heterocycles. The van der Waals surface area contributed by atoms with Crippen LogP contribution in [0.25, 0.3) is 0 Å². The Bertz CT molecular complexity index is 790. The number of anilines is 2. The monoisotopic (exact) mass is 352 g/mol. The average Bonchev–Trinajstić information content (AvgIpc) is 2.44. The maximum Gasteiger partial charge on any atom is 0.232 e. The molecule has 2 aromatic carbocycles. The highest BCUT2D eigenvalue weighted by Gasteiger charge is 2.31. The van der Waals surface area contributed by atoms with E-state index in [2.05, 4.69) is 10.6 Å². The van der Waals surface area contributed by atoms with Gasteiger partial charge < -0.3 is 10.6 Å². The molecule has 0 radical (unpaired) electrons. The fourth-order valence-electron chi connectivity index (χ4n) is 2.53. The Labute approximate surface area is 141 Å². The summed E-state index contributed by atoms with van der Waals surface area (Å²) in [6.45, 7) is 0. The Morgan fingerprint density at radius 3 is 2.57 bits per heavy atom. The number of carbonyl (C=O) groups excluding carboxylic acids is 2. The fraction of sp³-hybridized carbons (Fsp3) is 0.125. The summed E-state index contributed by atoms with van der Waals surface area (Å²) >= 11 is 11.8. The van der Waals surface area contributed by atoms with Crippen LogP contribution in [0.15, 0.2) is 36.4 Å². The first-order valence-electron chi connectivity index (χ1n) is 6.78. The molecule has 2 N–H and O–H groups in total. The Kier molecular flexibility index (Phi) is 4.24. The molecule has 1 heterocycles. The average molecular weight is 353 g/mol. The van der Waals surface area contributed by atoms with Gasteiger partial charge in [0.15, 0.2) is 0 Å². The van der Waals surface area contributed by atoms with E-state index in [0.717, 1.165) is 0 Å². The summed E-state index contributed by atoms with van der Waals surface area (Å²) in [6.07, 6.45) is -0.0151. The molecule has 0 unspecified atom stereocenters. The maximum absolute atomic E-state index is 13.3. The van der Waals surface area contributed by atoms with E-state index in [9.17, 15) is 14.0 Å². The molecule has 2 aromatic rings. The first-order chi connectivity index (χ1) is 10.9. The van der Waals surface area contributed by atoms with Crippen molar-refractivity contribution >= 4 is 46.4 Å². The molecule has 0 saturated heterocycles. The SMILES string of the molecule is O=C1C[C@@H](C(=O)Nc2cc(Cl)cc(Cl)c2)c2ccc(F)cc2N1. The molecule has 4 nitrogen and oxygen atoms in total. The van der Waals surface area contributed by atoms with Gasteiger partial charge >= 0.3 is 0 Å². The molecule has 23 heavy (non-hydrogen) atoms. The number of rotatable bonds is 2. The zero-order chi connectivity index (χ0) is 16.6. The Morgan fingerprint density at radius 2 is 1.87 bits per heavy atom. The van der Waals surface area contributed by atoms with Gasteiger partial charge in [0.25, 0.3) is 0 Å². The van der Waals surface area contributed by atoms with Gasteiger partial charge in [0, 0.05) is 27.8 Å². The highest BCUT2D eigenvalue weighted by molar-refractivity contribution is 6.35. The summed E-state index contributed by atoms with van der Waals surface area (Å²) in [5.41, 5.74) is 1.31. The van der Waals surface area contributed by atoms with Crippen molar-refractivity contribution in [1.82, 2.24) is 0 Å². The fourth-order valence-corrected chi connectivity index (χ4v) is 3.05. The van der Waals surface area contributed by atoms with E-state index in [-0.39, 0.29) is 18.2 Å². The minimum atomic E-state index is -0.711. The van der Waals surface area contributed by atoms with Crippen molar-refractivity contribution in [2.75, 3.05) is 10.6 Å². The number of carbonyl (C=O) groups is 2. The molecule has 1 atom stereocenters. The molecule has 0 aliphatic carbocycles. The molecule has 2 amide bonds. The second-order valence-electron chi connectivity index (χ2n) is 5.18. The predicted molar refractivity (Wildman–Crippen MR) is 87.5 cm³/mol. The number of fused-ring (bicyclic) bond motifs is 1. The van der Waals surface area contributed by atoms with Gasteiger partial charge in [0.2, 0.25) is 11.8 Å². The number of halogens is 3. The molecule has 118 valence electrons. The third-order valence-electron chi connectivity index (χ3n) is 3.50. The van der Waals surface area contributed by atoms with Crippen LogP contribution in [-0.2, 0) is 9.59 Å². The van der Waals surface area contributed by atoms with E-state index >= 15 is 0 Å². The van der Waals surface area contributed by atoms with Crippen molar-refractivity contribution in [3.05, 3.63) is 57.8 Å². The smallest absolute Gasteiger partial charge is 0.232 e.